The average Bonchev–Trinajstić information content (AvgIpc) is 2.34. The monoisotopic (exact) mass is 270 g/mol. The Morgan fingerprint density at radius 1 is 1.21 bits per heavy atom. The Morgan fingerprint density at radius 2 is 1.95 bits per heavy atom. The topological polar surface area (TPSA) is 24.5 Å². The average molecular weight is 270 g/mol. The summed E-state index contributed by atoms with van der Waals surface area (Å²) in [5.41, 5.74) is 0. The van der Waals surface area contributed by atoms with E-state index in [1.165, 1.54) is 32.4 Å². The number of piperazine rings is 1. The number of methoxy groups -OCH3 is 1. The normalized spacial score (nSPS) is 25.4. The van der Waals surface area contributed by atoms with Crippen molar-refractivity contribution in [2.45, 2.75) is 59.0 Å². The molecular weight excluding hydrogens is 236 g/mol. The molecule has 3 nitrogen and oxygen atoms in total. The zero-order valence-electron chi connectivity index (χ0n) is 13.6. The van der Waals surface area contributed by atoms with Crippen LogP contribution >= 0.6 is 0 Å². The van der Waals surface area contributed by atoms with Crippen molar-refractivity contribution < 1.29 is 4.74 Å². The number of hydrogen-bond acceptors (Lipinski definition) is 3. The molecule has 0 aliphatic carbocycles. The van der Waals surface area contributed by atoms with Crippen molar-refractivity contribution in [3.63, 3.8) is 0 Å². The van der Waals surface area contributed by atoms with Crippen LogP contribution < -0.4 is 5.32 Å². The van der Waals surface area contributed by atoms with E-state index in [2.05, 4.69) is 37.9 Å². The SMILES string of the molecule is COCCCCN1CC(CC(C)C)NCC1C(C)C. The maximum absolute atomic E-state index is 5.15. The number of nitrogens with one attached hydrogen (secondary N) is 1. The summed E-state index contributed by atoms with van der Waals surface area (Å²) in [6.45, 7) is 13.8. The lowest BCUT2D eigenvalue weighted by Gasteiger charge is -2.43. The van der Waals surface area contributed by atoms with Crippen molar-refractivity contribution in [1.29, 1.82) is 0 Å². The summed E-state index contributed by atoms with van der Waals surface area (Å²) in [6, 6.07) is 1.38. The standard InChI is InChI=1S/C16H34N2O/c1-13(2)10-15-12-18(8-6-7-9-19-5)16(11-17-15)14(3)4/h13-17H,6-12H2,1-5H3. The minimum absolute atomic E-state index is 0.678. The summed E-state index contributed by atoms with van der Waals surface area (Å²) in [6.07, 6.45) is 3.73. The lowest BCUT2D eigenvalue weighted by atomic mass is 9.94. The summed E-state index contributed by atoms with van der Waals surface area (Å²) in [7, 11) is 1.79. The van der Waals surface area contributed by atoms with Crippen LogP contribution in [0.15, 0.2) is 0 Å². The molecule has 2 unspecified atom stereocenters. The second kappa shape index (κ2) is 8.93. The van der Waals surface area contributed by atoms with Crippen LogP contribution in [0.1, 0.15) is 47.0 Å². The van der Waals surface area contributed by atoms with Gasteiger partial charge in [-0.05, 0) is 37.6 Å². The number of unbranched alkanes of at least 4 members (excludes halogenated alkanes) is 1. The highest BCUT2D eigenvalue weighted by Crippen LogP contribution is 2.18. The predicted octanol–water partition coefficient (Wildman–Crippen LogP) is 2.76. The Bertz CT molecular complexity index is 231. The van der Waals surface area contributed by atoms with Gasteiger partial charge in [-0.3, -0.25) is 4.90 Å². The highest BCUT2D eigenvalue weighted by molar-refractivity contribution is 4.88. The number of nitrogens with zero attached hydrogens (tertiary/aromatic N) is 1. The van der Waals surface area contributed by atoms with Crippen LogP contribution in [0.5, 0.6) is 0 Å². The minimum atomic E-state index is 0.678. The quantitative estimate of drug-likeness (QED) is 0.686. The molecule has 0 aromatic rings. The lowest BCUT2D eigenvalue weighted by molar-refractivity contribution is 0.0871. The number of rotatable bonds is 8. The van der Waals surface area contributed by atoms with E-state index in [4.69, 9.17) is 4.74 Å². The fourth-order valence-electron chi connectivity index (χ4n) is 3.10. The molecule has 114 valence electrons. The molecule has 1 aliphatic rings. The first-order valence-electron chi connectivity index (χ1n) is 8.01. The van der Waals surface area contributed by atoms with Gasteiger partial charge < -0.3 is 10.1 Å². The Morgan fingerprint density at radius 3 is 2.53 bits per heavy atom. The Hall–Kier alpha value is -0.120. The summed E-state index contributed by atoms with van der Waals surface area (Å²) >= 11 is 0. The molecular formula is C16H34N2O. The Balaban J connectivity index is 2.43. The lowest BCUT2D eigenvalue weighted by Crippen LogP contribution is -2.58. The molecule has 1 heterocycles. The molecule has 2 atom stereocenters. The van der Waals surface area contributed by atoms with Gasteiger partial charge in [-0.2, -0.15) is 0 Å². The third kappa shape index (κ3) is 6.24. The van der Waals surface area contributed by atoms with Gasteiger partial charge in [-0.25, -0.2) is 0 Å². The van der Waals surface area contributed by atoms with Crippen LogP contribution in [0, 0.1) is 11.8 Å². The molecule has 0 bridgehead atoms. The highest BCUT2D eigenvalue weighted by Gasteiger charge is 2.29. The van der Waals surface area contributed by atoms with Crippen molar-refractivity contribution in [1.82, 2.24) is 10.2 Å². The minimum Gasteiger partial charge on any atom is -0.385 e. The van der Waals surface area contributed by atoms with Gasteiger partial charge in [0.25, 0.3) is 0 Å². The first-order chi connectivity index (χ1) is 9.04. The second-order valence-electron chi connectivity index (χ2n) is 6.74. The van der Waals surface area contributed by atoms with E-state index in [0.29, 0.717) is 12.1 Å². The summed E-state index contributed by atoms with van der Waals surface area (Å²) in [5, 5.41) is 3.75. The van der Waals surface area contributed by atoms with E-state index >= 15 is 0 Å². The number of ether oxygens (including phenoxy) is 1. The summed E-state index contributed by atoms with van der Waals surface area (Å²) in [4.78, 5) is 2.71. The van der Waals surface area contributed by atoms with Crippen LogP contribution in [0.25, 0.3) is 0 Å². The zero-order chi connectivity index (χ0) is 14.3. The number of hydrogen-bond donors (Lipinski definition) is 1. The molecule has 0 aromatic carbocycles. The largest absolute Gasteiger partial charge is 0.385 e. The van der Waals surface area contributed by atoms with Crippen molar-refractivity contribution in [2.24, 2.45) is 11.8 Å². The molecule has 19 heavy (non-hydrogen) atoms. The molecule has 0 spiro atoms. The highest BCUT2D eigenvalue weighted by atomic mass is 16.5. The van der Waals surface area contributed by atoms with Crippen molar-refractivity contribution in [3.05, 3.63) is 0 Å². The Labute approximate surface area is 120 Å². The van der Waals surface area contributed by atoms with Gasteiger partial charge >= 0.3 is 0 Å². The van der Waals surface area contributed by atoms with Gasteiger partial charge in [-0.15, -0.1) is 0 Å². The van der Waals surface area contributed by atoms with Crippen LogP contribution in [0.3, 0.4) is 0 Å². The fraction of sp³-hybridized carbons (Fsp3) is 1.00. The molecule has 1 rings (SSSR count). The zero-order valence-corrected chi connectivity index (χ0v) is 13.6. The van der Waals surface area contributed by atoms with E-state index in [-0.39, 0.29) is 0 Å². The maximum Gasteiger partial charge on any atom is 0.0462 e. The predicted molar refractivity (Wildman–Crippen MR) is 82.6 cm³/mol. The van der Waals surface area contributed by atoms with Crippen LogP contribution in [-0.2, 0) is 4.74 Å². The van der Waals surface area contributed by atoms with Crippen LogP contribution in [0.2, 0.25) is 0 Å². The third-order valence-corrected chi connectivity index (χ3v) is 4.11. The molecule has 0 radical (unpaired) electrons. The van der Waals surface area contributed by atoms with Gasteiger partial charge in [0, 0.05) is 38.9 Å². The second-order valence-corrected chi connectivity index (χ2v) is 6.74. The van der Waals surface area contributed by atoms with E-state index in [9.17, 15) is 0 Å². The molecule has 1 fully saturated rings. The van der Waals surface area contributed by atoms with Crippen LogP contribution in [0.4, 0.5) is 0 Å². The third-order valence-electron chi connectivity index (χ3n) is 4.11. The summed E-state index contributed by atoms with van der Waals surface area (Å²) in [5.74, 6) is 1.51. The van der Waals surface area contributed by atoms with Gasteiger partial charge in [0.05, 0.1) is 0 Å². The molecule has 1 N–H and O–H groups in total. The van der Waals surface area contributed by atoms with E-state index < -0.39 is 0 Å². The van der Waals surface area contributed by atoms with E-state index in [1.54, 1.807) is 7.11 Å². The van der Waals surface area contributed by atoms with Crippen molar-refractivity contribution in [3.8, 4) is 0 Å². The van der Waals surface area contributed by atoms with E-state index in [1.807, 2.05) is 0 Å². The van der Waals surface area contributed by atoms with Gasteiger partial charge in [0.15, 0.2) is 0 Å². The molecule has 3 heteroatoms. The van der Waals surface area contributed by atoms with Crippen molar-refractivity contribution >= 4 is 0 Å². The Kier molecular flexibility index (Phi) is 7.96. The van der Waals surface area contributed by atoms with E-state index in [0.717, 1.165) is 25.0 Å². The fourth-order valence-corrected chi connectivity index (χ4v) is 3.10. The first kappa shape index (κ1) is 16.9. The van der Waals surface area contributed by atoms with Gasteiger partial charge in [-0.1, -0.05) is 27.7 Å². The first-order valence-corrected chi connectivity index (χ1v) is 8.01. The molecule has 1 aliphatic heterocycles. The smallest absolute Gasteiger partial charge is 0.0462 e. The van der Waals surface area contributed by atoms with Gasteiger partial charge in [0.2, 0.25) is 0 Å². The molecule has 0 saturated carbocycles. The maximum atomic E-state index is 5.15. The van der Waals surface area contributed by atoms with Gasteiger partial charge in [0.1, 0.15) is 0 Å². The van der Waals surface area contributed by atoms with Crippen LogP contribution in [-0.4, -0.2) is 50.3 Å². The summed E-state index contributed by atoms with van der Waals surface area (Å²) < 4.78 is 5.15. The van der Waals surface area contributed by atoms with Crippen molar-refractivity contribution in [2.75, 3.05) is 33.4 Å². The molecule has 0 aromatic heterocycles. The molecule has 1 saturated heterocycles. The molecule has 0 amide bonds.